The molecule has 0 saturated heterocycles. The molecule has 3 N–H and O–H groups in total. The third-order valence-corrected chi connectivity index (χ3v) is 2.92. The predicted octanol–water partition coefficient (Wildman–Crippen LogP) is 1.13. The number of hydrogen-bond donors (Lipinski definition) is 3. The van der Waals surface area contributed by atoms with Crippen LogP contribution in [0.25, 0.3) is 0 Å². The van der Waals surface area contributed by atoms with Crippen LogP contribution >= 0.6 is 0 Å². The van der Waals surface area contributed by atoms with Crippen LogP contribution in [-0.4, -0.2) is 51.0 Å². The van der Waals surface area contributed by atoms with E-state index in [0.717, 1.165) is 0 Å². The van der Waals surface area contributed by atoms with E-state index in [1.807, 2.05) is 0 Å². The van der Waals surface area contributed by atoms with E-state index >= 15 is 0 Å². The van der Waals surface area contributed by atoms with Crippen LogP contribution in [-0.2, 0) is 9.59 Å². The summed E-state index contributed by atoms with van der Waals surface area (Å²) in [6, 6.07) is -0.751. The van der Waals surface area contributed by atoms with Crippen LogP contribution in [0.1, 0.15) is 46.0 Å². The molecule has 106 valence electrons. The van der Waals surface area contributed by atoms with E-state index in [1.54, 1.807) is 13.8 Å². The molecule has 0 bridgehead atoms. The molecule has 18 heavy (non-hydrogen) atoms. The number of nitrogens with zero attached hydrogens (tertiary/aromatic N) is 1. The second-order valence-corrected chi connectivity index (χ2v) is 4.21. The maximum Gasteiger partial charge on any atom is 0.320 e. The number of carbonyl (C=O) groups is 2. The average Bonchev–Trinajstić information content (AvgIpc) is 2.31. The minimum absolute atomic E-state index is 0.0504. The number of carboxylic acids is 2. The van der Waals surface area contributed by atoms with Gasteiger partial charge in [0.1, 0.15) is 12.3 Å². The number of hydrogen-bond acceptors (Lipinski definition) is 4. The summed E-state index contributed by atoms with van der Waals surface area (Å²) >= 11 is 0. The van der Waals surface area contributed by atoms with Crippen LogP contribution in [0.3, 0.4) is 0 Å². The summed E-state index contributed by atoms with van der Waals surface area (Å²) in [6.07, 6.45) is 1.08. The highest BCUT2D eigenvalue weighted by molar-refractivity contribution is 5.73. The Morgan fingerprint density at radius 1 is 1.17 bits per heavy atom. The van der Waals surface area contributed by atoms with Crippen molar-refractivity contribution in [2.75, 3.05) is 6.54 Å². The fraction of sp³-hybridized carbons (Fsp3) is 0.833. The molecule has 0 spiro atoms. The van der Waals surface area contributed by atoms with Gasteiger partial charge in [-0.1, -0.05) is 20.3 Å². The Hall–Kier alpha value is -1.14. The Bertz CT molecular complexity index is 269. The van der Waals surface area contributed by atoms with Crippen molar-refractivity contribution in [3.63, 3.8) is 0 Å². The molecule has 2 unspecified atom stereocenters. The number of aliphatic hydroxyl groups is 1. The molecule has 0 aromatic rings. The Kier molecular flexibility index (Phi) is 8.32. The molecule has 2 atom stereocenters. The van der Waals surface area contributed by atoms with E-state index in [0.29, 0.717) is 32.2 Å². The summed E-state index contributed by atoms with van der Waals surface area (Å²) in [4.78, 5) is 23.1. The second-order valence-electron chi connectivity index (χ2n) is 4.21. The van der Waals surface area contributed by atoms with E-state index in [4.69, 9.17) is 10.2 Å². The molecular formula is C12H23NO5. The Labute approximate surface area is 107 Å². The van der Waals surface area contributed by atoms with Gasteiger partial charge in [-0.2, -0.15) is 0 Å². The zero-order valence-electron chi connectivity index (χ0n) is 11.0. The van der Waals surface area contributed by atoms with Gasteiger partial charge in [-0.15, -0.1) is 0 Å². The van der Waals surface area contributed by atoms with Crippen LogP contribution in [0.2, 0.25) is 0 Å². The van der Waals surface area contributed by atoms with Crippen molar-refractivity contribution in [2.24, 2.45) is 0 Å². The van der Waals surface area contributed by atoms with E-state index in [-0.39, 0.29) is 6.42 Å². The van der Waals surface area contributed by atoms with Crippen LogP contribution in [0.4, 0.5) is 0 Å². The minimum Gasteiger partial charge on any atom is -0.481 e. The van der Waals surface area contributed by atoms with Crippen molar-refractivity contribution in [1.82, 2.24) is 4.90 Å². The van der Waals surface area contributed by atoms with Crippen molar-refractivity contribution in [2.45, 2.75) is 58.2 Å². The summed E-state index contributed by atoms with van der Waals surface area (Å²) in [5.74, 6) is -1.84. The summed E-state index contributed by atoms with van der Waals surface area (Å²) in [7, 11) is 0. The number of likely N-dealkylation sites (N-methyl/N-ethyl adjacent to an activating group) is 1. The number of aliphatic hydroxyl groups excluding tert-OH is 1. The van der Waals surface area contributed by atoms with E-state index in [1.165, 1.54) is 4.90 Å². The second kappa shape index (κ2) is 8.88. The average molecular weight is 261 g/mol. The van der Waals surface area contributed by atoms with E-state index < -0.39 is 24.2 Å². The molecule has 0 aromatic carbocycles. The first-order valence-electron chi connectivity index (χ1n) is 6.32. The lowest BCUT2D eigenvalue weighted by molar-refractivity contribution is -0.149. The van der Waals surface area contributed by atoms with Crippen LogP contribution in [0.15, 0.2) is 0 Å². The van der Waals surface area contributed by atoms with Crippen molar-refractivity contribution in [3.05, 3.63) is 0 Å². The molecule has 0 fully saturated rings. The van der Waals surface area contributed by atoms with Gasteiger partial charge in [0.05, 0.1) is 0 Å². The summed E-state index contributed by atoms with van der Waals surface area (Å²) < 4.78 is 0. The SMILES string of the molecule is CCC(O)N(CC)C(CCCCC(=O)O)C(=O)O. The fourth-order valence-electron chi connectivity index (χ4n) is 1.92. The third-order valence-electron chi connectivity index (χ3n) is 2.92. The lowest BCUT2D eigenvalue weighted by Gasteiger charge is -2.31. The first-order valence-corrected chi connectivity index (χ1v) is 6.32. The van der Waals surface area contributed by atoms with Crippen molar-refractivity contribution in [1.29, 1.82) is 0 Å². The third kappa shape index (κ3) is 5.97. The van der Waals surface area contributed by atoms with Gasteiger partial charge in [-0.05, 0) is 25.8 Å². The van der Waals surface area contributed by atoms with Crippen LogP contribution in [0.5, 0.6) is 0 Å². The smallest absolute Gasteiger partial charge is 0.320 e. The van der Waals surface area contributed by atoms with Gasteiger partial charge in [-0.3, -0.25) is 14.5 Å². The lowest BCUT2D eigenvalue weighted by atomic mass is 10.1. The summed E-state index contributed by atoms with van der Waals surface area (Å²) in [6.45, 7) is 4.04. The van der Waals surface area contributed by atoms with Gasteiger partial charge in [0, 0.05) is 6.42 Å². The maximum atomic E-state index is 11.2. The van der Waals surface area contributed by atoms with Gasteiger partial charge < -0.3 is 15.3 Å². The lowest BCUT2D eigenvalue weighted by Crippen LogP contribution is -2.47. The zero-order chi connectivity index (χ0) is 14.1. The van der Waals surface area contributed by atoms with Crippen molar-refractivity contribution < 1.29 is 24.9 Å². The highest BCUT2D eigenvalue weighted by Gasteiger charge is 2.27. The first-order chi connectivity index (χ1) is 8.43. The number of carboxylic acid groups (broad SMARTS) is 2. The fourth-order valence-corrected chi connectivity index (χ4v) is 1.92. The Morgan fingerprint density at radius 2 is 1.78 bits per heavy atom. The van der Waals surface area contributed by atoms with Gasteiger partial charge in [0.2, 0.25) is 0 Å². The van der Waals surface area contributed by atoms with Gasteiger partial charge in [0.25, 0.3) is 0 Å². The molecule has 0 saturated carbocycles. The van der Waals surface area contributed by atoms with Gasteiger partial charge >= 0.3 is 11.9 Å². The minimum atomic E-state index is -0.973. The molecule has 0 amide bonds. The molecule has 0 aliphatic carbocycles. The Morgan fingerprint density at radius 3 is 2.17 bits per heavy atom. The van der Waals surface area contributed by atoms with Crippen LogP contribution in [0, 0.1) is 0 Å². The first kappa shape index (κ1) is 16.9. The molecule has 6 heteroatoms. The van der Waals surface area contributed by atoms with Crippen molar-refractivity contribution in [3.8, 4) is 0 Å². The molecule has 0 aliphatic rings. The molecule has 0 radical (unpaired) electrons. The molecule has 0 aromatic heterocycles. The number of aliphatic carboxylic acids is 2. The van der Waals surface area contributed by atoms with Gasteiger partial charge in [0.15, 0.2) is 0 Å². The highest BCUT2D eigenvalue weighted by atomic mass is 16.4. The standard InChI is InChI=1S/C12H23NO5/c1-3-10(14)13(4-2)9(12(17)18)7-5-6-8-11(15)16/h9-10,14H,3-8H2,1-2H3,(H,15,16)(H,17,18). The summed E-state index contributed by atoms with van der Waals surface area (Å²) in [5.41, 5.74) is 0. The molecule has 0 rings (SSSR count). The zero-order valence-corrected chi connectivity index (χ0v) is 11.0. The maximum absolute atomic E-state index is 11.2. The highest BCUT2D eigenvalue weighted by Crippen LogP contribution is 2.14. The molecule has 0 heterocycles. The van der Waals surface area contributed by atoms with Gasteiger partial charge in [-0.25, -0.2) is 0 Å². The largest absolute Gasteiger partial charge is 0.481 e. The normalized spacial score (nSPS) is 14.4. The monoisotopic (exact) mass is 261 g/mol. The van der Waals surface area contributed by atoms with Crippen molar-refractivity contribution >= 4 is 11.9 Å². The summed E-state index contributed by atoms with van der Waals surface area (Å²) in [5, 5.41) is 27.4. The topological polar surface area (TPSA) is 98.1 Å². The molecule has 0 aliphatic heterocycles. The van der Waals surface area contributed by atoms with E-state index in [9.17, 15) is 14.7 Å². The molecule has 6 nitrogen and oxygen atoms in total. The number of unbranched alkanes of at least 4 members (excludes halogenated alkanes) is 1. The predicted molar refractivity (Wildman–Crippen MR) is 66.2 cm³/mol. The Balaban J connectivity index is 4.36. The van der Waals surface area contributed by atoms with Crippen LogP contribution < -0.4 is 0 Å². The molecular weight excluding hydrogens is 238 g/mol. The quantitative estimate of drug-likeness (QED) is 0.403. The number of rotatable bonds is 10. The van der Waals surface area contributed by atoms with E-state index in [2.05, 4.69) is 0 Å².